The second-order valence-electron chi connectivity index (χ2n) is 5.50. The Morgan fingerprint density at radius 1 is 0.810 bits per heavy atom. The first kappa shape index (κ1) is 12.6. The summed E-state index contributed by atoms with van der Waals surface area (Å²) in [5.41, 5.74) is 4.10. The van der Waals surface area contributed by atoms with E-state index in [1.54, 1.807) is 0 Å². The van der Waals surface area contributed by atoms with Gasteiger partial charge >= 0.3 is 0 Å². The molecule has 0 aliphatic heterocycles. The van der Waals surface area contributed by atoms with Crippen LogP contribution in [0.25, 0.3) is 32.0 Å². The van der Waals surface area contributed by atoms with E-state index in [2.05, 4.69) is 74.5 Å². The highest BCUT2D eigenvalue weighted by atomic mass is 32.1. The lowest BCUT2D eigenvalue weighted by Crippen LogP contribution is -1.84. The Hall–Kier alpha value is -2.12. The average Bonchev–Trinajstić information content (AvgIpc) is 2.80. The fourth-order valence-electron chi connectivity index (χ4n) is 3.10. The number of benzene rings is 3. The largest absolute Gasteiger partial charge is 0.140 e. The van der Waals surface area contributed by atoms with Crippen LogP contribution in [0.4, 0.5) is 0 Å². The van der Waals surface area contributed by atoms with Crippen LogP contribution in [-0.2, 0) is 0 Å². The van der Waals surface area contributed by atoms with Gasteiger partial charge in [-0.05, 0) is 47.4 Å². The molecule has 0 saturated heterocycles. The highest BCUT2D eigenvalue weighted by Crippen LogP contribution is 2.42. The molecule has 0 nitrogen and oxygen atoms in total. The zero-order valence-electron chi connectivity index (χ0n) is 12.2. The highest BCUT2D eigenvalue weighted by Gasteiger charge is 2.14. The summed E-state index contributed by atoms with van der Waals surface area (Å²) in [4.78, 5) is 1.41. The van der Waals surface area contributed by atoms with Crippen molar-refractivity contribution >= 4 is 32.2 Å². The van der Waals surface area contributed by atoms with E-state index >= 15 is 0 Å². The summed E-state index contributed by atoms with van der Waals surface area (Å²) >= 11 is 1.90. The summed E-state index contributed by atoms with van der Waals surface area (Å²) in [5, 5.41) is 4.09. The molecule has 102 valence electrons. The lowest BCUT2D eigenvalue weighted by molar-refractivity contribution is 1.47. The maximum absolute atomic E-state index is 2.34. The Morgan fingerprint density at radius 3 is 2.33 bits per heavy atom. The van der Waals surface area contributed by atoms with Gasteiger partial charge in [0.2, 0.25) is 0 Å². The van der Waals surface area contributed by atoms with E-state index in [0.29, 0.717) is 0 Å². The summed E-state index contributed by atoms with van der Waals surface area (Å²) in [6, 6.07) is 21.8. The van der Waals surface area contributed by atoms with E-state index in [9.17, 15) is 0 Å². The van der Waals surface area contributed by atoms with Crippen LogP contribution < -0.4 is 0 Å². The van der Waals surface area contributed by atoms with E-state index < -0.39 is 0 Å². The van der Waals surface area contributed by atoms with Gasteiger partial charge in [-0.2, -0.15) is 0 Å². The number of aryl methyl sites for hydroxylation is 2. The monoisotopic (exact) mass is 288 g/mol. The van der Waals surface area contributed by atoms with Crippen molar-refractivity contribution in [3.8, 4) is 11.1 Å². The van der Waals surface area contributed by atoms with Gasteiger partial charge in [-0.3, -0.25) is 0 Å². The molecule has 0 atom stereocenters. The Morgan fingerprint density at radius 2 is 1.52 bits per heavy atom. The first-order chi connectivity index (χ1) is 10.3. The Bertz CT molecular complexity index is 946. The molecule has 1 heterocycles. The lowest BCUT2D eigenvalue weighted by atomic mass is 9.93. The molecular weight excluding hydrogens is 272 g/mol. The Balaban J connectivity index is 2.27. The number of hydrogen-bond acceptors (Lipinski definition) is 1. The van der Waals surface area contributed by atoms with Crippen molar-refractivity contribution in [2.24, 2.45) is 0 Å². The second kappa shape index (κ2) is 4.71. The van der Waals surface area contributed by atoms with Crippen LogP contribution in [0.2, 0.25) is 0 Å². The van der Waals surface area contributed by atoms with Crippen molar-refractivity contribution in [2.75, 3.05) is 0 Å². The standard InChI is InChI=1S/C20H16S/c1-13-14(2)21-18-12-16-10-6-7-11-17(16)20(19(13)18)15-8-4-3-5-9-15/h3-12H,1-2H3. The summed E-state index contributed by atoms with van der Waals surface area (Å²) < 4.78 is 1.39. The van der Waals surface area contributed by atoms with Gasteiger partial charge in [0.25, 0.3) is 0 Å². The van der Waals surface area contributed by atoms with E-state index in [0.717, 1.165) is 0 Å². The molecule has 0 unspecified atom stereocenters. The zero-order valence-corrected chi connectivity index (χ0v) is 13.0. The van der Waals surface area contributed by atoms with Crippen molar-refractivity contribution in [3.63, 3.8) is 0 Å². The van der Waals surface area contributed by atoms with E-state index in [-0.39, 0.29) is 0 Å². The minimum absolute atomic E-state index is 1.31. The van der Waals surface area contributed by atoms with Gasteiger partial charge < -0.3 is 0 Å². The first-order valence-electron chi connectivity index (χ1n) is 7.22. The number of fused-ring (bicyclic) bond motifs is 2. The van der Waals surface area contributed by atoms with E-state index in [1.165, 1.54) is 42.4 Å². The number of hydrogen-bond donors (Lipinski definition) is 0. The van der Waals surface area contributed by atoms with Crippen LogP contribution in [0.3, 0.4) is 0 Å². The van der Waals surface area contributed by atoms with Gasteiger partial charge in [-0.15, -0.1) is 11.3 Å². The molecular formula is C20H16S. The predicted molar refractivity (Wildman–Crippen MR) is 94.2 cm³/mol. The summed E-state index contributed by atoms with van der Waals surface area (Å²) in [6.45, 7) is 4.47. The molecule has 0 amide bonds. The molecule has 0 bridgehead atoms. The van der Waals surface area contributed by atoms with Gasteiger partial charge in [-0.1, -0.05) is 54.6 Å². The normalized spacial score (nSPS) is 11.3. The first-order valence-corrected chi connectivity index (χ1v) is 8.04. The third kappa shape index (κ3) is 1.89. The third-order valence-electron chi connectivity index (χ3n) is 4.24. The second-order valence-corrected chi connectivity index (χ2v) is 6.75. The van der Waals surface area contributed by atoms with Crippen LogP contribution in [0.5, 0.6) is 0 Å². The van der Waals surface area contributed by atoms with E-state index in [4.69, 9.17) is 0 Å². The van der Waals surface area contributed by atoms with Gasteiger partial charge in [0.15, 0.2) is 0 Å². The van der Waals surface area contributed by atoms with Crippen LogP contribution in [0.1, 0.15) is 10.4 Å². The minimum atomic E-state index is 1.31. The molecule has 0 aliphatic carbocycles. The fourth-order valence-corrected chi connectivity index (χ4v) is 4.22. The zero-order chi connectivity index (χ0) is 14.4. The lowest BCUT2D eigenvalue weighted by Gasteiger charge is -2.10. The SMILES string of the molecule is Cc1sc2cc3ccccc3c(-c3ccccc3)c2c1C. The average molecular weight is 288 g/mol. The highest BCUT2D eigenvalue weighted by molar-refractivity contribution is 7.19. The molecule has 0 saturated carbocycles. The predicted octanol–water partition coefficient (Wildman–Crippen LogP) is 6.34. The van der Waals surface area contributed by atoms with Crippen molar-refractivity contribution in [3.05, 3.63) is 71.1 Å². The molecule has 0 radical (unpaired) electrons. The fraction of sp³-hybridized carbons (Fsp3) is 0.100. The van der Waals surface area contributed by atoms with Crippen molar-refractivity contribution < 1.29 is 0 Å². The van der Waals surface area contributed by atoms with Crippen LogP contribution in [0, 0.1) is 13.8 Å². The smallest absolute Gasteiger partial charge is 0.0360 e. The molecule has 4 rings (SSSR count). The molecule has 0 fully saturated rings. The molecule has 0 N–H and O–H groups in total. The van der Waals surface area contributed by atoms with Gasteiger partial charge in [0.1, 0.15) is 0 Å². The summed E-state index contributed by atoms with van der Waals surface area (Å²) in [6.07, 6.45) is 0. The molecule has 0 spiro atoms. The van der Waals surface area contributed by atoms with Gasteiger partial charge in [-0.25, -0.2) is 0 Å². The molecule has 1 aromatic heterocycles. The van der Waals surface area contributed by atoms with Crippen LogP contribution in [-0.4, -0.2) is 0 Å². The maximum atomic E-state index is 2.34. The van der Waals surface area contributed by atoms with Crippen molar-refractivity contribution in [2.45, 2.75) is 13.8 Å². The quantitative estimate of drug-likeness (QED) is 0.383. The molecule has 4 aromatic rings. The van der Waals surface area contributed by atoms with Crippen molar-refractivity contribution in [1.29, 1.82) is 0 Å². The van der Waals surface area contributed by atoms with Gasteiger partial charge in [0.05, 0.1) is 0 Å². The summed E-state index contributed by atoms with van der Waals surface area (Å²) in [7, 11) is 0. The molecule has 3 aromatic carbocycles. The Kier molecular flexibility index (Phi) is 2.83. The third-order valence-corrected chi connectivity index (χ3v) is 5.40. The van der Waals surface area contributed by atoms with Crippen LogP contribution in [0.15, 0.2) is 60.7 Å². The summed E-state index contributed by atoms with van der Waals surface area (Å²) in [5.74, 6) is 0. The molecule has 1 heteroatoms. The maximum Gasteiger partial charge on any atom is 0.0360 e. The molecule has 0 aliphatic rings. The number of rotatable bonds is 1. The van der Waals surface area contributed by atoms with Gasteiger partial charge in [0, 0.05) is 15.0 Å². The van der Waals surface area contributed by atoms with Crippen LogP contribution >= 0.6 is 11.3 Å². The van der Waals surface area contributed by atoms with Crippen molar-refractivity contribution in [1.82, 2.24) is 0 Å². The number of thiophene rings is 1. The Labute approximate surface area is 128 Å². The van der Waals surface area contributed by atoms with E-state index in [1.807, 2.05) is 11.3 Å². The minimum Gasteiger partial charge on any atom is -0.140 e. The molecule has 21 heavy (non-hydrogen) atoms. The topological polar surface area (TPSA) is 0 Å².